The number of benzene rings is 1. The van der Waals surface area contributed by atoms with Gasteiger partial charge in [-0.1, -0.05) is 82.9 Å². The summed E-state index contributed by atoms with van der Waals surface area (Å²) in [6.45, 7) is 4.81. The molecule has 0 atom stereocenters. The molecule has 5 heteroatoms. The standard InChI is InChI=1S/C18H30O3S.C12H25.Na/c1-2-3-4-5-6-7-8-9-10-14-17-21-22(19,20)18-15-12-11-13-16-18;1-3-5-7-9-11-12-10-8-6-4-2;/h11-13,15-16H,2-10,14,17H2,1H3;1,3-12H2,2H3;. The normalized spacial score (nSPS) is 11.3. The number of rotatable bonds is 23. The Bertz CT molecular complexity index is 624. The summed E-state index contributed by atoms with van der Waals surface area (Å²) in [5.74, 6) is 0. The van der Waals surface area contributed by atoms with E-state index < -0.39 is 10.1 Å². The van der Waals surface area contributed by atoms with Gasteiger partial charge in [-0.05, 0) is 18.6 Å². The summed E-state index contributed by atoms with van der Waals surface area (Å²) in [6, 6.07) is 8.33. The van der Waals surface area contributed by atoms with Gasteiger partial charge >= 0.3 is 103 Å². The van der Waals surface area contributed by atoms with Crippen LogP contribution < -0.4 is 0 Å². The van der Waals surface area contributed by atoms with Gasteiger partial charge in [0.15, 0.2) is 0 Å². The van der Waals surface area contributed by atoms with Gasteiger partial charge in [-0.3, -0.25) is 4.18 Å². The zero-order valence-corrected chi connectivity index (χ0v) is 26.4. The zero-order valence-electron chi connectivity index (χ0n) is 23.6. The Labute approximate surface area is 237 Å². The van der Waals surface area contributed by atoms with E-state index in [9.17, 15) is 8.42 Å². The molecule has 0 saturated carbocycles. The molecule has 0 N–H and O–H groups in total. The Kier molecular flexibility index (Phi) is 27.3. The number of hydrogen-bond donors (Lipinski definition) is 0. The minimum atomic E-state index is -3.57. The molecule has 0 bridgehead atoms. The maximum absolute atomic E-state index is 11.9. The van der Waals surface area contributed by atoms with Crippen molar-refractivity contribution in [2.45, 2.75) is 151 Å². The van der Waals surface area contributed by atoms with E-state index in [0.29, 0.717) is 0 Å². The first-order valence-electron chi connectivity index (χ1n) is 15.0. The molecule has 0 spiro atoms. The van der Waals surface area contributed by atoms with Gasteiger partial charge in [0.05, 0.1) is 11.5 Å². The van der Waals surface area contributed by atoms with Crippen molar-refractivity contribution in [3.05, 3.63) is 30.3 Å². The Morgan fingerprint density at radius 1 is 0.571 bits per heavy atom. The van der Waals surface area contributed by atoms with E-state index in [0.717, 1.165) is 12.8 Å². The quantitative estimate of drug-likeness (QED) is 0.0822. The van der Waals surface area contributed by atoms with E-state index in [1.165, 1.54) is 147 Å². The topological polar surface area (TPSA) is 43.4 Å². The second-order valence-corrected chi connectivity index (χ2v) is 12.6. The van der Waals surface area contributed by atoms with Gasteiger partial charge < -0.3 is 0 Å². The molecule has 35 heavy (non-hydrogen) atoms. The summed E-state index contributed by atoms with van der Waals surface area (Å²) in [6.07, 6.45) is 27.0. The fraction of sp³-hybridized carbons (Fsp3) is 0.800. The van der Waals surface area contributed by atoms with Gasteiger partial charge in [0.2, 0.25) is 0 Å². The molecule has 0 aliphatic rings. The third-order valence-corrected chi connectivity index (χ3v) is 8.51. The van der Waals surface area contributed by atoms with E-state index in [1.807, 2.05) is 0 Å². The summed E-state index contributed by atoms with van der Waals surface area (Å²) in [4.78, 5) is 0.238. The van der Waals surface area contributed by atoms with Gasteiger partial charge in [0.25, 0.3) is 10.1 Å². The van der Waals surface area contributed by atoms with E-state index >= 15 is 0 Å². The molecule has 0 aromatic heterocycles. The molecule has 0 aliphatic carbocycles. The molecular formula is C30H55NaO3S. The molecule has 0 unspecified atom stereocenters. The van der Waals surface area contributed by atoms with Gasteiger partial charge in [-0.2, -0.15) is 8.42 Å². The van der Waals surface area contributed by atoms with Crippen molar-refractivity contribution in [3.63, 3.8) is 0 Å². The molecule has 0 heterocycles. The Morgan fingerprint density at radius 3 is 1.34 bits per heavy atom. The number of hydrogen-bond acceptors (Lipinski definition) is 3. The molecule has 0 aliphatic heterocycles. The van der Waals surface area contributed by atoms with Crippen LogP contribution in [0.25, 0.3) is 0 Å². The van der Waals surface area contributed by atoms with E-state index in [1.54, 1.807) is 30.3 Å². The Morgan fingerprint density at radius 2 is 0.943 bits per heavy atom. The van der Waals surface area contributed by atoms with Crippen LogP contribution in [0.15, 0.2) is 35.2 Å². The van der Waals surface area contributed by atoms with E-state index in [2.05, 4.69) is 13.8 Å². The van der Waals surface area contributed by atoms with Crippen LogP contribution >= 0.6 is 0 Å². The minimum absolute atomic E-state index is 0.238. The van der Waals surface area contributed by atoms with Gasteiger partial charge in [-0.15, -0.1) is 0 Å². The molecule has 1 rings (SSSR count). The molecular weight excluding hydrogens is 463 g/mol. The first kappa shape index (κ1) is 35.1. The van der Waals surface area contributed by atoms with Crippen molar-refractivity contribution < 1.29 is 12.6 Å². The van der Waals surface area contributed by atoms with Crippen LogP contribution in [-0.2, 0) is 14.3 Å². The fourth-order valence-electron chi connectivity index (χ4n) is 4.15. The number of unbranched alkanes of at least 4 members (excludes halogenated alkanes) is 18. The van der Waals surface area contributed by atoms with Crippen molar-refractivity contribution in [3.8, 4) is 0 Å². The maximum atomic E-state index is 11.9. The van der Waals surface area contributed by atoms with Crippen molar-refractivity contribution >= 4 is 38.0 Å². The van der Waals surface area contributed by atoms with Crippen LogP contribution in [0.4, 0.5) is 0 Å². The second kappa shape index (κ2) is 27.2. The summed E-state index contributed by atoms with van der Waals surface area (Å²) < 4.78 is 30.3. The molecule has 3 nitrogen and oxygen atoms in total. The van der Waals surface area contributed by atoms with Crippen LogP contribution in [0.1, 0.15) is 142 Å². The molecule has 1 aromatic carbocycles. The third kappa shape index (κ3) is 24.2. The van der Waals surface area contributed by atoms with Crippen molar-refractivity contribution in [1.82, 2.24) is 0 Å². The average Bonchev–Trinajstić information content (AvgIpc) is 2.87. The average molecular weight is 519 g/mol. The Hall–Kier alpha value is 0.130. The molecule has 0 amide bonds. The summed E-state index contributed by atoms with van der Waals surface area (Å²) in [5.41, 5.74) is 0. The van der Waals surface area contributed by atoms with Gasteiger partial charge in [0, 0.05) is 0 Å². The van der Waals surface area contributed by atoms with Crippen LogP contribution in [0.5, 0.6) is 0 Å². The van der Waals surface area contributed by atoms with Crippen molar-refractivity contribution in [2.24, 2.45) is 0 Å². The molecule has 0 radical (unpaired) electrons. The Balaban J connectivity index is 0.000000761. The van der Waals surface area contributed by atoms with E-state index in [-0.39, 0.29) is 11.5 Å². The van der Waals surface area contributed by atoms with Gasteiger partial charge in [0.1, 0.15) is 0 Å². The molecule has 1 aromatic rings. The van der Waals surface area contributed by atoms with Crippen LogP contribution in [0.3, 0.4) is 0 Å². The van der Waals surface area contributed by atoms with Gasteiger partial charge in [-0.25, -0.2) is 0 Å². The fourth-order valence-corrected chi connectivity index (χ4v) is 5.61. The van der Waals surface area contributed by atoms with E-state index in [4.69, 9.17) is 4.18 Å². The molecule has 0 saturated heterocycles. The van der Waals surface area contributed by atoms with Crippen molar-refractivity contribution in [2.75, 3.05) is 6.61 Å². The van der Waals surface area contributed by atoms with Crippen LogP contribution in [0.2, 0.25) is 3.67 Å². The summed E-state index contributed by atoms with van der Waals surface area (Å²) >= 11 is 1.41. The monoisotopic (exact) mass is 518 g/mol. The first-order valence-corrected chi connectivity index (χ1v) is 17.8. The predicted octanol–water partition coefficient (Wildman–Crippen LogP) is 9.81. The summed E-state index contributed by atoms with van der Waals surface area (Å²) in [5, 5.41) is 0. The second-order valence-electron chi connectivity index (χ2n) is 9.95. The molecule has 0 fully saturated rings. The van der Waals surface area contributed by atoms with Crippen molar-refractivity contribution in [1.29, 1.82) is 0 Å². The summed E-state index contributed by atoms with van der Waals surface area (Å²) in [7, 11) is -3.57. The zero-order chi connectivity index (χ0) is 25.9. The third-order valence-electron chi connectivity index (χ3n) is 6.48. The SMILES string of the molecule is CCCCCCCCCCCCOS(=O)(=O)c1ccccc1.CCCCCCCCCCC[CH2][Na]. The first-order chi connectivity index (χ1) is 17.1. The van der Waals surface area contributed by atoms with Crippen LogP contribution in [-0.4, -0.2) is 43.0 Å². The van der Waals surface area contributed by atoms with Crippen LogP contribution in [0, 0.1) is 0 Å². The molecule has 200 valence electrons. The predicted molar refractivity (Wildman–Crippen MR) is 154 cm³/mol.